The molecule has 0 aliphatic carbocycles. The number of hydrogen-bond donors (Lipinski definition) is 3. The molecule has 1 aliphatic heterocycles. The van der Waals surface area contributed by atoms with E-state index in [0.717, 1.165) is 29.9 Å². The maximum Gasteiger partial charge on any atom is 0.259 e. The highest BCUT2D eigenvalue weighted by Gasteiger charge is 2.15. The predicted molar refractivity (Wildman–Crippen MR) is 102 cm³/mol. The Kier molecular flexibility index (Phi) is 4.47. The molecule has 6 heteroatoms. The molecule has 3 aromatic rings. The van der Waals surface area contributed by atoms with Crippen LogP contribution in [0, 0.1) is 0 Å². The molecule has 1 amide bonds. The summed E-state index contributed by atoms with van der Waals surface area (Å²) in [6.07, 6.45) is 6.18. The Labute approximate surface area is 151 Å². The largest absolute Gasteiger partial charge is 0.384 e. The van der Waals surface area contributed by atoms with E-state index in [0.29, 0.717) is 17.9 Å². The van der Waals surface area contributed by atoms with Crippen LogP contribution in [0.3, 0.4) is 0 Å². The molecular formula is C20H19N5O. The minimum atomic E-state index is -0.187. The molecule has 26 heavy (non-hydrogen) atoms. The first kappa shape index (κ1) is 16.1. The first-order chi connectivity index (χ1) is 12.8. The summed E-state index contributed by atoms with van der Waals surface area (Å²) in [5.41, 5.74) is 4.72. The average molecular weight is 345 g/mol. The molecule has 3 N–H and O–H groups in total. The van der Waals surface area contributed by atoms with Gasteiger partial charge in [0.15, 0.2) is 0 Å². The van der Waals surface area contributed by atoms with Gasteiger partial charge in [-0.3, -0.25) is 9.78 Å². The first-order valence-corrected chi connectivity index (χ1v) is 8.55. The fourth-order valence-corrected chi connectivity index (χ4v) is 2.98. The Balaban J connectivity index is 1.49. The number of carbonyl (C=O) groups excluding carboxylic acids is 1. The molecule has 4 rings (SSSR count). The van der Waals surface area contributed by atoms with E-state index in [2.05, 4.69) is 32.0 Å². The smallest absolute Gasteiger partial charge is 0.259 e. The van der Waals surface area contributed by atoms with Gasteiger partial charge >= 0.3 is 0 Å². The lowest BCUT2D eigenvalue weighted by atomic mass is 10.1. The number of nitrogens with zero attached hydrogens (tertiary/aromatic N) is 2. The highest BCUT2D eigenvalue weighted by Crippen LogP contribution is 2.26. The van der Waals surface area contributed by atoms with Crippen molar-refractivity contribution in [2.45, 2.75) is 13.0 Å². The fraction of sp³-hybridized carbons (Fsp3) is 0.150. The summed E-state index contributed by atoms with van der Waals surface area (Å²) in [5.74, 6) is 0.370. The van der Waals surface area contributed by atoms with E-state index < -0.39 is 0 Å². The van der Waals surface area contributed by atoms with Crippen LogP contribution in [0.2, 0.25) is 0 Å². The number of pyridine rings is 2. The summed E-state index contributed by atoms with van der Waals surface area (Å²) >= 11 is 0. The van der Waals surface area contributed by atoms with Crippen LogP contribution >= 0.6 is 0 Å². The summed E-state index contributed by atoms with van der Waals surface area (Å²) < 4.78 is 0. The SMILES string of the molecule is O=C(Nc1ccc2c(c1)NCC2)c1cccnc1NCc1ccncc1. The zero-order chi connectivity index (χ0) is 17.8. The molecule has 0 saturated carbocycles. The number of anilines is 3. The van der Waals surface area contributed by atoms with Crippen LogP contribution in [0.25, 0.3) is 0 Å². The van der Waals surface area contributed by atoms with Gasteiger partial charge in [0.1, 0.15) is 5.82 Å². The number of rotatable bonds is 5. The number of nitrogens with one attached hydrogen (secondary N) is 3. The number of carbonyl (C=O) groups is 1. The molecule has 0 bridgehead atoms. The lowest BCUT2D eigenvalue weighted by molar-refractivity contribution is 0.102. The number of amides is 1. The van der Waals surface area contributed by atoms with Crippen LogP contribution in [0.4, 0.5) is 17.2 Å². The lowest BCUT2D eigenvalue weighted by Crippen LogP contribution is -2.15. The highest BCUT2D eigenvalue weighted by atomic mass is 16.1. The second-order valence-electron chi connectivity index (χ2n) is 6.11. The van der Waals surface area contributed by atoms with Gasteiger partial charge in [-0.25, -0.2) is 4.98 Å². The van der Waals surface area contributed by atoms with E-state index in [4.69, 9.17) is 0 Å². The zero-order valence-corrected chi connectivity index (χ0v) is 14.2. The predicted octanol–water partition coefficient (Wildman–Crippen LogP) is 3.31. The van der Waals surface area contributed by atoms with Gasteiger partial charge in [0.2, 0.25) is 0 Å². The van der Waals surface area contributed by atoms with Crippen LogP contribution in [-0.2, 0) is 13.0 Å². The molecule has 0 radical (unpaired) electrons. The number of hydrogen-bond acceptors (Lipinski definition) is 5. The Morgan fingerprint density at radius 3 is 2.88 bits per heavy atom. The fourth-order valence-electron chi connectivity index (χ4n) is 2.98. The van der Waals surface area contributed by atoms with Gasteiger partial charge in [-0.1, -0.05) is 6.07 Å². The highest BCUT2D eigenvalue weighted by molar-refractivity contribution is 6.07. The van der Waals surface area contributed by atoms with Crippen molar-refractivity contribution >= 4 is 23.1 Å². The van der Waals surface area contributed by atoms with E-state index >= 15 is 0 Å². The van der Waals surface area contributed by atoms with Crippen molar-refractivity contribution in [1.29, 1.82) is 0 Å². The van der Waals surface area contributed by atoms with Gasteiger partial charge in [0.05, 0.1) is 5.56 Å². The molecular weight excluding hydrogens is 326 g/mol. The second-order valence-corrected chi connectivity index (χ2v) is 6.11. The molecule has 0 unspecified atom stereocenters. The molecule has 1 aliphatic rings. The molecule has 0 atom stereocenters. The van der Waals surface area contributed by atoms with Crippen molar-refractivity contribution in [2.75, 3.05) is 22.5 Å². The summed E-state index contributed by atoms with van der Waals surface area (Å²) in [4.78, 5) is 21.0. The maximum atomic E-state index is 12.7. The zero-order valence-electron chi connectivity index (χ0n) is 14.2. The topological polar surface area (TPSA) is 78.9 Å². The van der Waals surface area contributed by atoms with Crippen LogP contribution in [0.1, 0.15) is 21.5 Å². The Morgan fingerprint density at radius 1 is 1.12 bits per heavy atom. The first-order valence-electron chi connectivity index (χ1n) is 8.55. The van der Waals surface area contributed by atoms with Crippen molar-refractivity contribution in [3.63, 3.8) is 0 Å². The van der Waals surface area contributed by atoms with E-state index in [1.807, 2.05) is 24.3 Å². The molecule has 0 spiro atoms. The van der Waals surface area contributed by atoms with E-state index in [1.54, 1.807) is 30.7 Å². The van der Waals surface area contributed by atoms with Gasteiger partial charge in [0.25, 0.3) is 5.91 Å². The standard InChI is InChI=1S/C20H19N5O/c26-20(25-16-4-3-15-7-11-22-18(15)12-16)17-2-1-8-23-19(17)24-13-14-5-9-21-10-6-14/h1-6,8-10,12,22H,7,11,13H2,(H,23,24)(H,25,26). The molecule has 6 nitrogen and oxygen atoms in total. The van der Waals surface area contributed by atoms with Crippen molar-refractivity contribution in [2.24, 2.45) is 0 Å². The van der Waals surface area contributed by atoms with Crippen LogP contribution in [0.5, 0.6) is 0 Å². The van der Waals surface area contributed by atoms with E-state index in [-0.39, 0.29) is 5.91 Å². The third kappa shape index (κ3) is 3.49. The molecule has 1 aromatic carbocycles. The molecule has 130 valence electrons. The second kappa shape index (κ2) is 7.23. The molecule has 0 saturated heterocycles. The van der Waals surface area contributed by atoms with E-state index in [9.17, 15) is 4.79 Å². The summed E-state index contributed by atoms with van der Waals surface area (Å²) in [5, 5.41) is 9.51. The molecule has 0 fully saturated rings. The number of fused-ring (bicyclic) bond motifs is 1. The van der Waals surface area contributed by atoms with Crippen LogP contribution < -0.4 is 16.0 Å². The van der Waals surface area contributed by atoms with Crippen molar-refractivity contribution in [3.05, 3.63) is 77.7 Å². The van der Waals surface area contributed by atoms with Crippen LogP contribution in [-0.4, -0.2) is 22.4 Å². The normalized spacial score (nSPS) is 12.2. The quantitative estimate of drug-likeness (QED) is 0.661. The average Bonchev–Trinajstić information content (AvgIpc) is 3.15. The van der Waals surface area contributed by atoms with Gasteiger partial charge in [-0.15, -0.1) is 0 Å². The molecule has 3 heterocycles. The maximum absolute atomic E-state index is 12.7. The Morgan fingerprint density at radius 2 is 2.00 bits per heavy atom. The Bertz CT molecular complexity index is 926. The number of aromatic nitrogens is 2. The van der Waals surface area contributed by atoms with Gasteiger partial charge in [-0.05, 0) is 53.9 Å². The minimum Gasteiger partial charge on any atom is -0.384 e. The van der Waals surface area contributed by atoms with E-state index in [1.165, 1.54) is 5.56 Å². The molecule has 2 aromatic heterocycles. The van der Waals surface area contributed by atoms with Crippen molar-refractivity contribution in [3.8, 4) is 0 Å². The van der Waals surface area contributed by atoms with Gasteiger partial charge in [-0.2, -0.15) is 0 Å². The summed E-state index contributed by atoms with van der Waals surface area (Å²) in [7, 11) is 0. The third-order valence-electron chi connectivity index (χ3n) is 4.34. The Hall–Kier alpha value is -3.41. The van der Waals surface area contributed by atoms with Gasteiger partial charge < -0.3 is 16.0 Å². The lowest BCUT2D eigenvalue weighted by Gasteiger charge is -2.12. The summed E-state index contributed by atoms with van der Waals surface area (Å²) in [6, 6.07) is 13.3. The van der Waals surface area contributed by atoms with Crippen molar-refractivity contribution < 1.29 is 4.79 Å². The van der Waals surface area contributed by atoms with Crippen molar-refractivity contribution in [1.82, 2.24) is 9.97 Å². The van der Waals surface area contributed by atoms with Crippen LogP contribution in [0.15, 0.2) is 61.1 Å². The number of benzene rings is 1. The summed E-state index contributed by atoms with van der Waals surface area (Å²) in [6.45, 7) is 1.51. The van der Waals surface area contributed by atoms with Gasteiger partial charge in [0, 0.05) is 43.1 Å². The third-order valence-corrected chi connectivity index (χ3v) is 4.34. The minimum absolute atomic E-state index is 0.187. The monoisotopic (exact) mass is 345 g/mol.